The second-order valence-corrected chi connectivity index (χ2v) is 10.4. The van der Waals surface area contributed by atoms with Crippen molar-refractivity contribution in [2.24, 2.45) is 4.99 Å². The highest BCUT2D eigenvalue weighted by Gasteiger charge is 2.24. The van der Waals surface area contributed by atoms with Gasteiger partial charge in [0.2, 0.25) is 0 Å². The maximum absolute atomic E-state index is 12.5. The van der Waals surface area contributed by atoms with Crippen LogP contribution in [-0.4, -0.2) is 11.1 Å². The van der Waals surface area contributed by atoms with Gasteiger partial charge in [0.15, 0.2) is 5.17 Å². The van der Waals surface area contributed by atoms with Crippen LogP contribution in [0.3, 0.4) is 0 Å². The number of halogens is 4. The Balaban J connectivity index is 1.59. The molecule has 0 aliphatic carbocycles. The van der Waals surface area contributed by atoms with Crippen LogP contribution in [0.25, 0.3) is 6.08 Å². The number of carbonyl (C=O) groups is 1. The molecule has 0 atom stereocenters. The van der Waals surface area contributed by atoms with Crippen molar-refractivity contribution in [3.05, 3.63) is 95.7 Å². The number of hydrogen-bond donors (Lipinski definition) is 1. The lowest BCUT2D eigenvalue weighted by Crippen LogP contribution is -2.19. The highest BCUT2D eigenvalue weighted by atomic mass is 79.9. The first-order chi connectivity index (χ1) is 15.4. The van der Waals surface area contributed by atoms with Crippen molar-refractivity contribution in [1.82, 2.24) is 5.32 Å². The SMILES string of the molecule is O=C1NC(=Nc2ccc(Cl)cc2)S/C1=C\c1cc(Br)cc(Br)c1OCc1ccc(Cl)cc1. The third-order valence-corrected chi connectivity index (χ3v) is 6.79. The molecular weight excluding hydrogens is 599 g/mol. The van der Waals surface area contributed by atoms with Gasteiger partial charge in [-0.2, -0.15) is 0 Å². The van der Waals surface area contributed by atoms with Gasteiger partial charge in [0, 0.05) is 20.1 Å². The summed E-state index contributed by atoms with van der Waals surface area (Å²) < 4.78 is 7.71. The Morgan fingerprint density at radius 2 is 1.66 bits per heavy atom. The lowest BCUT2D eigenvalue weighted by atomic mass is 10.1. The number of amidine groups is 1. The summed E-state index contributed by atoms with van der Waals surface area (Å²) in [5, 5.41) is 4.60. The first kappa shape index (κ1) is 23.4. The molecule has 9 heteroatoms. The minimum atomic E-state index is -0.220. The number of rotatable bonds is 5. The summed E-state index contributed by atoms with van der Waals surface area (Å²) in [7, 11) is 0. The van der Waals surface area contributed by atoms with Crippen LogP contribution in [0.2, 0.25) is 10.0 Å². The van der Waals surface area contributed by atoms with E-state index in [-0.39, 0.29) is 5.91 Å². The molecule has 1 amide bonds. The number of thioether (sulfide) groups is 1. The van der Waals surface area contributed by atoms with E-state index in [4.69, 9.17) is 27.9 Å². The summed E-state index contributed by atoms with van der Waals surface area (Å²) in [6.45, 7) is 0.357. The number of ether oxygens (including phenoxy) is 1. The molecule has 0 saturated carbocycles. The molecule has 0 radical (unpaired) electrons. The van der Waals surface area contributed by atoms with Crippen molar-refractivity contribution in [1.29, 1.82) is 0 Å². The van der Waals surface area contributed by atoms with E-state index >= 15 is 0 Å². The van der Waals surface area contributed by atoms with Gasteiger partial charge < -0.3 is 10.1 Å². The Morgan fingerprint density at radius 1 is 1.00 bits per heavy atom. The number of benzene rings is 3. The van der Waals surface area contributed by atoms with Gasteiger partial charge in [-0.25, -0.2) is 4.99 Å². The van der Waals surface area contributed by atoms with E-state index in [1.54, 1.807) is 30.3 Å². The first-order valence-electron chi connectivity index (χ1n) is 9.29. The molecule has 3 aromatic rings. The second-order valence-electron chi connectivity index (χ2n) is 6.68. The van der Waals surface area contributed by atoms with Crippen molar-refractivity contribution < 1.29 is 9.53 Å². The molecule has 1 saturated heterocycles. The second kappa shape index (κ2) is 10.4. The molecule has 1 heterocycles. The molecule has 1 N–H and O–H groups in total. The van der Waals surface area contributed by atoms with Gasteiger partial charge in [-0.1, -0.05) is 51.3 Å². The van der Waals surface area contributed by atoms with E-state index in [1.165, 1.54) is 11.8 Å². The molecule has 1 fully saturated rings. The van der Waals surface area contributed by atoms with Crippen LogP contribution in [0.15, 0.2) is 79.5 Å². The average molecular weight is 613 g/mol. The Hall–Kier alpha value is -1.77. The van der Waals surface area contributed by atoms with Crippen LogP contribution < -0.4 is 10.1 Å². The van der Waals surface area contributed by atoms with Crippen molar-refractivity contribution in [3.8, 4) is 5.75 Å². The lowest BCUT2D eigenvalue weighted by molar-refractivity contribution is -0.115. The maximum Gasteiger partial charge on any atom is 0.264 e. The number of hydrogen-bond acceptors (Lipinski definition) is 4. The zero-order chi connectivity index (χ0) is 22.7. The summed E-state index contributed by atoms with van der Waals surface area (Å²) in [5.74, 6) is 0.412. The standard InChI is InChI=1S/C23H14Br2Cl2N2O2S/c24-15-9-14(21(19(25)11-15)31-12-13-1-3-16(26)4-2-13)10-20-22(30)29-23(32-20)28-18-7-5-17(27)6-8-18/h1-11H,12H2,(H,28,29,30)/b20-10-. The van der Waals surface area contributed by atoms with Crippen LogP contribution >= 0.6 is 66.8 Å². The molecule has 0 aromatic heterocycles. The van der Waals surface area contributed by atoms with Gasteiger partial charge >= 0.3 is 0 Å². The average Bonchev–Trinajstić information content (AvgIpc) is 3.09. The van der Waals surface area contributed by atoms with Crippen molar-refractivity contribution >= 4 is 89.7 Å². The Bertz CT molecular complexity index is 1230. The highest BCUT2D eigenvalue weighted by Crippen LogP contribution is 2.37. The molecule has 32 heavy (non-hydrogen) atoms. The summed E-state index contributed by atoms with van der Waals surface area (Å²) in [5.41, 5.74) is 2.44. The van der Waals surface area contributed by atoms with E-state index in [9.17, 15) is 4.79 Å². The predicted octanol–water partition coefficient (Wildman–Crippen LogP) is 7.99. The molecule has 1 aliphatic heterocycles. The minimum absolute atomic E-state index is 0.220. The third kappa shape index (κ3) is 5.97. The normalized spacial score (nSPS) is 15.9. The zero-order valence-electron chi connectivity index (χ0n) is 16.2. The lowest BCUT2D eigenvalue weighted by Gasteiger charge is -2.13. The van der Waals surface area contributed by atoms with Crippen LogP contribution in [-0.2, 0) is 11.4 Å². The molecule has 0 unspecified atom stereocenters. The van der Waals surface area contributed by atoms with Gasteiger partial charge in [-0.05, 0) is 87.9 Å². The van der Waals surface area contributed by atoms with Crippen LogP contribution in [0.1, 0.15) is 11.1 Å². The van der Waals surface area contributed by atoms with Crippen LogP contribution in [0.5, 0.6) is 5.75 Å². The van der Waals surface area contributed by atoms with E-state index in [1.807, 2.05) is 36.4 Å². The molecular formula is C23H14Br2Cl2N2O2S. The van der Waals surface area contributed by atoms with E-state index in [0.29, 0.717) is 38.2 Å². The van der Waals surface area contributed by atoms with Crippen molar-refractivity contribution in [3.63, 3.8) is 0 Å². The first-order valence-corrected chi connectivity index (χ1v) is 12.4. The number of amides is 1. The van der Waals surface area contributed by atoms with E-state index < -0.39 is 0 Å². The number of aliphatic imine (C=N–C) groups is 1. The monoisotopic (exact) mass is 610 g/mol. The fourth-order valence-electron chi connectivity index (χ4n) is 2.83. The smallest absolute Gasteiger partial charge is 0.264 e. The quantitative estimate of drug-likeness (QED) is 0.297. The van der Waals surface area contributed by atoms with Gasteiger partial charge in [-0.15, -0.1) is 0 Å². The molecule has 0 bridgehead atoms. The molecule has 4 rings (SSSR count). The summed E-state index contributed by atoms with van der Waals surface area (Å²) in [4.78, 5) is 17.5. The number of nitrogens with zero attached hydrogens (tertiary/aromatic N) is 1. The van der Waals surface area contributed by atoms with Gasteiger partial charge in [-0.3, -0.25) is 4.79 Å². The highest BCUT2D eigenvalue weighted by molar-refractivity contribution is 9.11. The largest absolute Gasteiger partial charge is 0.487 e. The van der Waals surface area contributed by atoms with E-state index in [2.05, 4.69) is 42.2 Å². The van der Waals surface area contributed by atoms with Gasteiger partial charge in [0.05, 0.1) is 15.1 Å². The Morgan fingerprint density at radius 3 is 2.34 bits per heavy atom. The predicted molar refractivity (Wildman–Crippen MR) is 140 cm³/mol. The number of carbonyl (C=O) groups excluding carboxylic acids is 1. The number of nitrogens with one attached hydrogen (secondary N) is 1. The fraction of sp³-hybridized carbons (Fsp3) is 0.0435. The summed E-state index contributed by atoms with van der Waals surface area (Å²) >= 11 is 20.2. The molecule has 3 aromatic carbocycles. The van der Waals surface area contributed by atoms with Crippen LogP contribution in [0.4, 0.5) is 5.69 Å². The zero-order valence-corrected chi connectivity index (χ0v) is 21.7. The molecule has 0 spiro atoms. The molecule has 4 nitrogen and oxygen atoms in total. The summed E-state index contributed by atoms with van der Waals surface area (Å²) in [6.07, 6.45) is 1.79. The summed E-state index contributed by atoms with van der Waals surface area (Å²) in [6, 6.07) is 18.3. The molecule has 162 valence electrons. The Labute approximate surface area is 216 Å². The molecule has 1 aliphatic rings. The van der Waals surface area contributed by atoms with Gasteiger partial charge in [0.25, 0.3) is 5.91 Å². The maximum atomic E-state index is 12.5. The van der Waals surface area contributed by atoms with Crippen LogP contribution in [0, 0.1) is 0 Å². The van der Waals surface area contributed by atoms with Gasteiger partial charge in [0.1, 0.15) is 12.4 Å². The van der Waals surface area contributed by atoms with Crippen molar-refractivity contribution in [2.75, 3.05) is 0 Å². The third-order valence-electron chi connectivity index (χ3n) is 4.33. The minimum Gasteiger partial charge on any atom is -0.487 e. The fourth-order valence-corrected chi connectivity index (χ4v) is 5.29. The topological polar surface area (TPSA) is 50.7 Å². The van der Waals surface area contributed by atoms with Crippen molar-refractivity contribution in [2.45, 2.75) is 6.61 Å². The van der Waals surface area contributed by atoms with E-state index in [0.717, 1.165) is 20.1 Å². The Kier molecular flexibility index (Phi) is 7.63.